The second-order valence-electron chi connectivity index (χ2n) is 9.35. The minimum atomic E-state index is -0.541. The van der Waals surface area contributed by atoms with E-state index >= 15 is 0 Å². The molecule has 9 nitrogen and oxygen atoms in total. The third-order valence-corrected chi connectivity index (χ3v) is 6.64. The van der Waals surface area contributed by atoms with E-state index in [1.165, 1.54) is 9.13 Å². The summed E-state index contributed by atoms with van der Waals surface area (Å²) in [5.74, 6) is 0.331. The van der Waals surface area contributed by atoms with E-state index in [-0.39, 0.29) is 36.5 Å². The van der Waals surface area contributed by atoms with Gasteiger partial charge in [0.15, 0.2) is 0 Å². The van der Waals surface area contributed by atoms with Crippen molar-refractivity contribution in [2.24, 2.45) is 0 Å². The molecule has 1 fully saturated rings. The van der Waals surface area contributed by atoms with Crippen molar-refractivity contribution in [2.45, 2.75) is 71.0 Å². The number of aromatic nitrogens is 2. The van der Waals surface area contributed by atoms with Crippen LogP contribution in [0.1, 0.15) is 51.9 Å². The lowest BCUT2D eigenvalue weighted by molar-refractivity contribution is -0.122. The molecule has 196 valence electrons. The summed E-state index contributed by atoms with van der Waals surface area (Å²) in [5.41, 5.74) is 0.0571. The van der Waals surface area contributed by atoms with Gasteiger partial charge in [0.2, 0.25) is 11.8 Å². The molecule has 1 aliphatic carbocycles. The van der Waals surface area contributed by atoms with E-state index in [1.54, 1.807) is 48.5 Å². The van der Waals surface area contributed by atoms with Crippen LogP contribution in [0.4, 0.5) is 5.69 Å². The van der Waals surface area contributed by atoms with Crippen LogP contribution in [0.25, 0.3) is 10.9 Å². The van der Waals surface area contributed by atoms with E-state index in [1.807, 2.05) is 6.92 Å². The monoisotopic (exact) mass is 506 g/mol. The average Bonchev–Trinajstić information content (AvgIpc) is 3.40. The van der Waals surface area contributed by atoms with Gasteiger partial charge in [-0.25, -0.2) is 4.79 Å². The van der Waals surface area contributed by atoms with E-state index in [2.05, 4.69) is 10.6 Å². The molecule has 2 amide bonds. The number of fused-ring (bicyclic) bond motifs is 1. The molecule has 0 radical (unpaired) electrons. The lowest BCUT2D eigenvalue weighted by atomic mass is 10.2. The number of benzene rings is 2. The molecule has 1 aliphatic rings. The van der Waals surface area contributed by atoms with Gasteiger partial charge in [-0.15, -0.1) is 0 Å². The summed E-state index contributed by atoms with van der Waals surface area (Å²) in [5, 5.41) is 6.22. The van der Waals surface area contributed by atoms with Crippen LogP contribution in [-0.4, -0.2) is 33.6 Å². The standard InChI is InChI=1S/C28H34N4O5/c1-2-37-22-16-14-21(15-17-22)30-26(34)19-32-24-12-6-5-11-23(24)27(35)31(28(32)36)18-8-7-13-25(33)29-20-9-3-4-10-20/h5-6,11-12,14-17,20H,2-4,7-10,13,18-19H2,1H3,(H,29,33)(H,30,34). The molecule has 0 saturated heterocycles. The zero-order valence-electron chi connectivity index (χ0n) is 21.2. The molecule has 0 aliphatic heterocycles. The number of carbonyl (C=O) groups is 2. The van der Waals surface area contributed by atoms with Crippen molar-refractivity contribution in [2.75, 3.05) is 11.9 Å². The fourth-order valence-electron chi connectivity index (χ4n) is 4.79. The lowest BCUT2D eigenvalue weighted by Crippen LogP contribution is -2.41. The SMILES string of the molecule is CCOc1ccc(NC(=O)Cn2c(=O)n(CCCCC(=O)NC3CCCC3)c(=O)c3ccccc32)cc1. The molecule has 0 spiro atoms. The number of para-hydroxylation sites is 1. The van der Waals surface area contributed by atoms with Crippen LogP contribution < -0.4 is 26.6 Å². The van der Waals surface area contributed by atoms with Gasteiger partial charge in [-0.3, -0.25) is 23.5 Å². The number of anilines is 1. The van der Waals surface area contributed by atoms with Gasteiger partial charge in [0, 0.05) is 24.7 Å². The second-order valence-corrected chi connectivity index (χ2v) is 9.35. The summed E-state index contributed by atoms with van der Waals surface area (Å²) in [7, 11) is 0. The van der Waals surface area contributed by atoms with Gasteiger partial charge in [0.25, 0.3) is 5.56 Å². The van der Waals surface area contributed by atoms with Crippen LogP contribution in [0.3, 0.4) is 0 Å². The highest BCUT2D eigenvalue weighted by atomic mass is 16.5. The molecule has 37 heavy (non-hydrogen) atoms. The van der Waals surface area contributed by atoms with Gasteiger partial charge in [-0.05, 0) is 69.0 Å². The summed E-state index contributed by atoms with van der Waals surface area (Å²) in [6.07, 6.45) is 5.80. The summed E-state index contributed by atoms with van der Waals surface area (Å²) in [6, 6.07) is 14.0. The van der Waals surface area contributed by atoms with Gasteiger partial charge in [-0.2, -0.15) is 0 Å². The van der Waals surface area contributed by atoms with E-state index in [9.17, 15) is 19.2 Å². The maximum Gasteiger partial charge on any atom is 0.331 e. The molecule has 2 N–H and O–H groups in total. The number of ether oxygens (including phenoxy) is 1. The molecule has 1 aromatic heterocycles. The van der Waals surface area contributed by atoms with Gasteiger partial charge in [0.1, 0.15) is 12.3 Å². The third kappa shape index (κ3) is 6.67. The number of amides is 2. The van der Waals surface area contributed by atoms with Crippen molar-refractivity contribution in [1.29, 1.82) is 0 Å². The molecule has 4 rings (SSSR count). The molecule has 2 aromatic carbocycles. The van der Waals surface area contributed by atoms with Gasteiger partial charge in [-0.1, -0.05) is 25.0 Å². The minimum absolute atomic E-state index is 0.0149. The number of unbranched alkanes of at least 4 members (excludes halogenated alkanes) is 1. The highest BCUT2D eigenvalue weighted by Gasteiger charge is 2.18. The van der Waals surface area contributed by atoms with Crippen LogP contribution in [0.5, 0.6) is 5.75 Å². The molecular weight excluding hydrogens is 472 g/mol. The largest absolute Gasteiger partial charge is 0.494 e. The molecule has 0 bridgehead atoms. The van der Waals surface area contributed by atoms with Crippen molar-refractivity contribution in [1.82, 2.24) is 14.5 Å². The summed E-state index contributed by atoms with van der Waals surface area (Å²) >= 11 is 0. The highest BCUT2D eigenvalue weighted by Crippen LogP contribution is 2.18. The first kappa shape index (κ1) is 26.2. The van der Waals surface area contributed by atoms with E-state index in [4.69, 9.17) is 4.74 Å². The normalized spacial score (nSPS) is 13.5. The fourth-order valence-corrected chi connectivity index (χ4v) is 4.79. The Kier molecular flexibility index (Phi) is 8.77. The Morgan fingerprint density at radius 1 is 0.946 bits per heavy atom. The molecule has 0 atom stereocenters. The molecule has 0 unspecified atom stereocenters. The van der Waals surface area contributed by atoms with Crippen molar-refractivity contribution in [3.63, 3.8) is 0 Å². The van der Waals surface area contributed by atoms with Crippen molar-refractivity contribution < 1.29 is 14.3 Å². The Bertz CT molecular complexity index is 1350. The fraction of sp³-hybridized carbons (Fsp3) is 0.429. The molecule has 3 aromatic rings. The van der Waals surface area contributed by atoms with Crippen molar-refractivity contribution in [3.8, 4) is 5.75 Å². The Balaban J connectivity index is 1.45. The number of nitrogens with one attached hydrogen (secondary N) is 2. The molecule has 1 heterocycles. The molecule has 9 heteroatoms. The summed E-state index contributed by atoms with van der Waals surface area (Å²) < 4.78 is 7.91. The van der Waals surface area contributed by atoms with Gasteiger partial charge in [0.05, 0.1) is 17.5 Å². The molecular formula is C28H34N4O5. The number of nitrogens with zero attached hydrogens (tertiary/aromatic N) is 2. The van der Waals surface area contributed by atoms with Crippen LogP contribution >= 0.6 is 0 Å². The second kappa shape index (κ2) is 12.4. The first-order chi connectivity index (χ1) is 18.0. The van der Waals surface area contributed by atoms with Crippen molar-refractivity contribution >= 4 is 28.4 Å². The lowest BCUT2D eigenvalue weighted by Gasteiger charge is -2.15. The maximum absolute atomic E-state index is 13.3. The van der Waals surface area contributed by atoms with E-state index < -0.39 is 5.69 Å². The minimum Gasteiger partial charge on any atom is -0.494 e. The van der Waals surface area contributed by atoms with E-state index in [0.29, 0.717) is 48.2 Å². The van der Waals surface area contributed by atoms with Gasteiger partial charge < -0.3 is 15.4 Å². The van der Waals surface area contributed by atoms with Gasteiger partial charge >= 0.3 is 5.69 Å². The number of hydrogen-bond acceptors (Lipinski definition) is 5. The maximum atomic E-state index is 13.3. The topological polar surface area (TPSA) is 111 Å². The Morgan fingerprint density at radius 2 is 1.68 bits per heavy atom. The summed E-state index contributed by atoms with van der Waals surface area (Å²) in [6.45, 7) is 2.38. The Labute approximate surface area is 215 Å². The first-order valence-corrected chi connectivity index (χ1v) is 13.0. The Morgan fingerprint density at radius 3 is 2.41 bits per heavy atom. The third-order valence-electron chi connectivity index (χ3n) is 6.64. The number of rotatable bonds is 11. The number of hydrogen-bond donors (Lipinski definition) is 2. The zero-order valence-corrected chi connectivity index (χ0v) is 21.2. The zero-order chi connectivity index (χ0) is 26.2. The summed E-state index contributed by atoms with van der Waals surface area (Å²) in [4.78, 5) is 51.4. The van der Waals surface area contributed by atoms with Crippen molar-refractivity contribution in [3.05, 3.63) is 69.4 Å². The molecule has 1 saturated carbocycles. The van der Waals surface area contributed by atoms with Crippen LogP contribution in [-0.2, 0) is 22.7 Å². The van der Waals surface area contributed by atoms with Crippen LogP contribution in [0.15, 0.2) is 58.1 Å². The first-order valence-electron chi connectivity index (χ1n) is 13.0. The predicted molar refractivity (Wildman–Crippen MR) is 143 cm³/mol. The smallest absolute Gasteiger partial charge is 0.331 e. The average molecular weight is 507 g/mol. The van der Waals surface area contributed by atoms with E-state index in [0.717, 1.165) is 25.7 Å². The Hall–Kier alpha value is -3.88. The quantitative estimate of drug-likeness (QED) is 0.387. The van der Waals surface area contributed by atoms with Crippen LogP contribution in [0, 0.1) is 0 Å². The predicted octanol–water partition coefficient (Wildman–Crippen LogP) is 3.43. The van der Waals surface area contributed by atoms with Crippen LogP contribution in [0.2, 0.25) is 0 Å². The highest BCUT2D eigenvalue weighted by molar-refractivity contribution is 5.91. The number of carbonyl (C=O) groups excluding carboxylic acids is 2.